The molecule has 3 rings (SSSR count). The summed E-state index contributed by atoms with van der Waals surface area (Å²) in [4.78, 5) is 18.0. The lowest BCUT2D eigenvalue weighted by molar-refractivity contribution is 0.0951. The van der Waals surface area contributed by atoms with Gasteiger partial charge in [-0.3, -0.25) is 4.79 Å². The monoisotopic (exact) mass is 352 g/mol. The average Bonchev–Trinajstić information content (AvgIpc) is 3.02. The summed E-state index contributed by atoms with van der Waals surface area (Å²) in [6.45, 7) is 4.99. The van der Waals surface area contributed by atoms with E-state index >= 15 is 0 Å². The molecule has 0 aliphatic carbocycles. The fourth-order valence-corrected chi connectivity index (χ4v) is 3.44. The first-order valence-corrected chi connectivity index (χ1v) is 9.02. The third-order valence-electron chi connectivity index (χ3n) is 3.75. The zero-order chi connectivity index (χ0) is 17.6. The number of aromatic nitrogens is 1. The van der Waals surface area contributed by atoms with E-state index < -0.39 is 0 Å². The summed E-state index contributed by atoms with van der Waals surface area (Å²) in [6.07, 6.45) is 0. The maximum atomic E-state index is 12.3. The molecule has 0 radical (unpaired) electrons. The van der Waals surface area contributed by atoms with Crippen molar-refractivity contribution in [1.29, 1.82) is 0 Å². The molecule has 3 aromatic rings. The molecule has 0 aliphatic heterocycles. The topological polar surface area (TPSA) is 51.2 Å². The van der Waals surface area contributed by atoms with Gasteiger partial charge in [0.2, 0.25) is 0 Å². The first-order chi connectivity index (χ1) is 12.2. The number of hydrogen-bond donors (Lipinski definition) is 1. The Labute approximate surface area is 151 Å². The zero-order valence-corrected chi connectivity index (χ0v) is 15.1. The van der Waals surface area contributed by atoms with Crippen LogP contribution in [0.2, 0.25) is 0 Å². The zero-order valence-electron chi connectivity index (χ0n) is 14.3. The summed E-state index contributed by atoms with van der Waals surface area (Å²) in [7, 11) is 0. The predicted molar refractivity (Wildman–Crippen MR) is 101 cm³/mol. The number of ether oxygens (including phenoxy) is 1. The summed E-state index contributed by atoms with van der Waals surface area (Å²) in [5.41, 5.74) is 2.67. The Kier molecular flexibility index (Phi) is 5.46. The summed E-state index contributed by atoms with van der Waals surface area (Å²) >= 11 is 1.61. The molecule has 0 saturated heterocycles. The van der Waals surface area contributed by atoms with Gasteiger partial charge >= 0.3 is 0 Å². The number of hydrogen-bond acceptors (Lipinski definition) is 4. The molecule has 2 aromatic carbocycles. The van der Waals surface area contributed by atoms with E-state index in [1.807, 2.05) is 56.3 Å². The number of carbonyl (C=O) groups is 1. The van der Waals surface area contributed by atoms with Gasteiger partial charge in [0.25, 0.3) is 5.91 Å². The van der Waals surface area contributed by atoms with Crippen molar-refractivity contribution in [1.82, 2.24) is 10.3 Å². The highest BCUT2D eigenvalue weighted by Gasteiger charge is 2.11. The minimum atomic E-state index is -0.0999. The van der Waals surface area contributed by atoms with E-state index in [1.165, 1.54) is 0 Å². The molecule has 0 spiro atoms. The molecule has 5 heteroatoms. The fourth-order valence-electron chi connectivity index (χ4n) is 2.43. The van der Waals surface area contributed by atoms with Crippen molar-refractivity contribution in [2.45, 2.75) is 20.4 Å². The normalized spacial score (nSPS) is 10.5. The lowest BCUT2D eigenvalue weighted by atomic mass is 10.2. The van der Waals surface area contributed by atoms with E-state index in [-0.39, 0.29) is 5.91 Å². The van der Waals surface area contributed by atoms with Crippen LogP contribution in [0.4, 0.5) is 0 Å². The first kappa shape index (κ1) is 17.2. The largest absolute Gasteiger partial charge is 0.494 e. The number of carbonyl (C=O) groups excluding carboxylic acids is 1. The van der Waals surface area contributed by atoms with Crippen molar-refractivity contribution in [3.8, 4) is 16.3 Å². The van der Waals surface area contributed by atoms with Gasteiger partial charge in [-0.1, -0.05) is 30.3 Å². The van der Waals surface area contributed by atoms with Crippen LogP contribution in [-0.2, 0) is 6.54 Å². The predicted octanol–water partition coefficient (Wildman–Crippen LogP) is 4.45. The van der Waals surface area contributed by atoms with Crippen LogP contribution in [0, 0.1) is 6.92 Å². The van der Waals surface area contributed by atoms with Crippen molar-refractivity contribution in [2.24, 2.45) is 0 Å². The van der Waals surface area contributed by atoms with Crippen molar-refractivity contribution < 1.29 is 9.53 Å². The van der Waals surface area contributed by atoms with E-state index in [1.54, 1.807) is 23.5 Å². The van der Waals surface area contributed by atoms with Crippen molar-refractivity contribution >= 4 is 17.2 Å². The number of nitrogens with zero attached hydrogens (tertiary/aromatic N) is 1. The minimum Gasteiger partial charge on any atom is -0.494 e. The Morgan fingerprint density at radius 2 is 1.84 bits per heavy atom. The third-order valence-corrected chi connectivity index (χ3v) is 4.96. The van der Waals surface area contributed by atoms with Gasteiger partial charge in [-0.05, 0) is 38.1 Å². The molecule has 1 aromatic heterocycles. The average molecular weight is 352 g/mol. The Morgan fingerprint density at radius 3 is 2.52 bits per heavy atom. The second-order valence-corrected chi connectivity index (χ2v) is 6.62. The summed E-state index contributed by atoms with van der Waals surface area (Å²) in [5.74, 6) is 0.668. The van der Waals surface area contributed by atoms with Crippen LogP contribution in [-0.4, -0.2) is 17.5 Å². The molecule has 0 unspecified atom stereocenters. The lowest BCUT2D eigenvalue weighted by Gasteiger charge is -2.06. The van der Waals surface area contributed by atoms with Crippen LogP contribution in [0.1, 0.15) is 27.9 Å². The number of rotatable bonds is 6. The molecule has 1 heterocycles. The Bertz CT molecular complexity index is 842. The molecule has 1 amide bonds. The number of aryl methyl sites for hydroxylation is 1. The van der Waals surface area contributed by atoms with E-state index in [0.29, 0.717) is 18.7 Å². The maximum Gasteiger partial charge on any atom is 0.251 e. The van der Waals surface area contributed by atoms with Crippen LogP contribution < -0.4 is 10.1 Å². The van der Waals surface area contributed by atoms with E-state index in [0.717, 1.165) is 26.9 Å². The molecule has 4 nitrogen and oxygen atoms in total. The summed E-state index contributed by atoms with van der Waals surface area (Å²) in [6, 6.07) is 17.2. The number of nitrogens with one attached hydrogen (secondary N) is 1. The number of amides is 1. The Hall–Kier alpha value is -2.66. The highest BCUT2D eigenvalue weighted by Crippen LogP contribution is 2.27. The van der Waals surface area contributed by atoms with Gasteiger partial charge in [-0.25, -0.2) is 4.98 Å². The van der Waals surface area contributed by atoms with Crippen LogP contribution in [0.25, 0.3) is 10.6 Å². The van der Waals surface area contributed by atoms with Crippen LogP contribution >= 0.6 is 11.3 Å². The SMILES string of the molecule is CCOc1ccc(C(=O)NCc2sc(-c3ccccc3)nc2C)cc1. The fraction of sp³-hybridized carbons (Fsp3) is 0.200. The van der Waals surface area contributed by atoms with Crippen LogP contribution in [0.3, 0.4) is 0 Å². The van der Waals surface area contributed by atoms with Crippen LogP contribution in [0.15, 0.2) is 54.6 Å². The number of benzene rings is 2. The van der Waals surface area contributed by atoms with Gasteiger partial charge < -0.3 is 10.1 Å². The van der Waals surface area contributed by atoms with Gasteiger partial charge in [-0.2, -0.15) is 0 Å². The second kappa shape index (κ2) is 7.94. The molecular formula is C20H20N2O2S. The van der Waals surface area contributed by atoms with Crippen LogP contribution in [0.5, 0.6) is 5.75 Å². The van der Waals surface area contributed by atoms with E-state index in [2.05, 4.69) is 10.3 Å². The van der Waals surface area contributed by atoms with Crippen molar-refractivity contribution in [3.05, 3.63) is 70.7 Å². The first-order valence-electron chi connectivity index (χ1n) is 8.20. The van der Waals surface area contributed by atoms with Gasteiger partial charge in [0.15, 0.2) is 0 Å². The summed E-state index contributed by atoms with van der Waals surface area (Å²) < 4.78 is 5.39. The van der Waals surface area contributed by atoms with Crippen molar-refractivity contribution in [2.75, 3.05) is 6.61 Å². The molecule has 0 saturated carbocycles. The molecule has 0 atom stereocenters. The molecule has 0 bridgehead atoms. The quantitative estimate of drug-likeness (QED) is 0.713. The molecular weight excluding hydrogens is 332 g/mol. The second-order valence-electron chi connectivity index (χ2n) is 5.53. The smallest absolute Gasteiger partial charge is 0.251 e. The highest BCUT2D eigenvalue weighted by atomic mass is 32.1. The van der Waals surface area contributed by atoms with Gasteiger partial charge in [0, 0.05) is 16.0 Å². The standard InChI is InChI=1S/C20H20N2O2S/c1-3-24-17-11-9-15(10-12-17)19(23)21-13-18-14(2)22-20(25-18)16-7-5-4-6-8-16/h4-12H,3,13H2,1-2H3,(H,21,23). The van der Waals surface area contributed by atoms with Gasteiger partial charge in [0.05, 0.1) is 18.8 Å². The molecule has 1 N–H and O–H groups in total. The molecule has 128 valence electrons. The maximum absolute atomic E-state index is 12.3. The lowest BCUT2D eigenvalue weighted by Crippen LogP contribution is -2.22. The molecule has 0 fully saturated rings. The Balaban J connectivity index is 1.65. The minimum absolute atomic E-state index is 0.0999. The van der Waals surface area contributed by atoms with Crippen molar-refractivity contribution in [3.63, 3.8) is 0 Å². The molecule has 25 heavy (non-hydrogen) atoms. The number of thiazole rings is 1. The van der Waals surface area contributed by atoms with Gasteiger partial charge in [-0.15, -0.1) is 11.3 Å². The van der Waals surface area contributed by atoms with E-state index in [9.17, 15) is 4.79 Å². The molecule has 0 aliphatic rings. The third kappa shape index (κ3) is 4.25. The van der Waals surface area contributed by atoms with Gasteiger partial charge in [0.1, 0.15) is 10.8 Å². The summed E-state index contributed by atoms with van der Waals surface area (Å²) in [5, 5.41) is 3.94. The van der Waals surface area contributed by atoms with E-state index in [4.69, 9.17) is 4.74 Å². The Morgan fingerprint density at radius 1 is 1.12 bits per heavy atom. The highest BCUT2D eigenvalue weighted by molar-refractivity contribution is 7.15.